The number of pyridine rings is 1. The van der Waals surface area contributed by atoms with Gasteiger partial charge in [-0.3, -0.25) is 9.78 Å². The number of rotatable bonds is 9. The molecular weight excluding hydrogens is 440 g/mol. The van der Waals surface area contributed by atoms with Crippen molar-refractivity contribution in [2.24, 2.45) is 5.41 Å². The Bertz CT molecular complexity index is 1170. The second-order valence-corrected chi connectivity index (χ2v) is 9.29. The van der Waals surface area contributed by atoms with Gasteiger partial charge in [0.2, 0.25) is 0 Å². The van der Waals surface area contributed by atoms with E-state index in [1.165, 1.54) is 19.2 Å². The van der Waals surface area contributed by atoms with Crippen LogP contribution in [0.3, 0.4) is 0 Å². The number of hydrogen-bond donors (Lipinski definition) is 1. The van der Waals surface area contributed by atoms with Gasteiger partial charge >= 0.3 is 5.97 Å². The topological polar surface area (TPSA) is 68.7 Å². The summed E-state index contributed by atoms with van der Waals surface area (Å²) >= 11 is 0. The number of methoxy groups -OCH3 is 1. The van der Waals surface area contributed by atoms with Crippen molar-refractivity contribution in [1.29, 1.82) is 0 Å². The summed E-state index contributed by atoms with van der Waals surface area (Å²) in [5, 5.41) is 8.85. The predicted molar refractivity (Wildman–Crippen MR) is 126 cm³/mol. The molecule has 7 heteroatoms. The number of aliphatic carboxylic acids is 1. The van der Waals surface area contributed by atoms with E-state index in [1.54, 1.807) is 36.4 Å². The van der Waals surface area contributed by atoms with Crippen LogP contribution in [-0.4, -0.2) is 23.2 Å². The molecule has 3 rings (SSSR count). The van der Waals surface area contributed by atoms with E-state index < -0.39 is 11.8 Å². The highest BCUT2D eigenvalue weighted by Gasteiger charge is 2.20. The van der Waals surface area contributed by atoms with Crippen LogP contribution in [0.5, 0.6) is 11.5 Å². The Morgan fingerprint density at radius 3 is 2.50 bits per heavy atom. The van der Waals surface area contributed by atoms with Crippen molar-refractivity contribution in [2.45, 2.75) is 46.6 Å². The van der Waals surface area contributed by atoms with Crippen LogP contribution >= 0.6 is 0 Å². The average Bonchev–Trinajstić information content (AvgIpc) is 2.77. The van der Waals surface area contributed by atoms with Gasteiger partial charge in [0.1, 0.15) is 18.2 Å². The fourth-order valence-corrected chi connectivity index (χ4v) is 3.60. The minimum Gasteiger partial charge on any atom is -0.497 e. The molecule has 180 valence electrons. The molecular formula is C27H29F2NO4. The molecule has 0 amide bonds. The molecule has 0 atom stereocenters. The zero-order valence-electron chi connectivity index (χ0n) is 19.8. The Labute approximate surface area is 198 Å². The Morgan fingerprint density at radius 1 is 1.06 bits per heavy atom. The minimum absolute atomic E-state index is 0.0112. The first kappa shape index (κ1) is 25.1. The number of carbonyl (C=O) groups is 1. The fraction of sp³-hybridized carbons (Fsp3) is 0.333. The highest BCUT2D eigenvalue weighted by Crippen LogP contribution is 2.33. The number of halogens is 2. The second kappa shape index (κ2) is 10.6. The molecule has 0 aliphatic carbocycles. The number of ether oxygens (including phenoxy) is 2. The number of aryl methyl sites for hydroxylation is 1. The van der Waals surface area contributed by atoms with Gasteiger partial charge < -0.3 is 14.6 Å². The highest BCUT2D eigenvalue weighted by molar-refractivity contribution is 5.68. The first-order valence-corrected chi connectivity index (χ1v) is 11.0. The lowest BCUT2D eigenvalue weighted by Crippen LogP contribution is -2.13. The SMILES string of the molecule is COc1ccc(F)c(-c2ccc(COc3cccc(CCC(=O)O)c3F)nc2CC(C)(C)C)c1. The van der Waals surface area contributed by atoms with Crippen molar-refractivity contribution in [1.82, 2.24) is 4.98 Å². The Hall–Kier alpha value is -3.48. The lowest BCUT2D eigenvalue weighted by Gasteiger charge is -2.21. The molecule has 1 heterocycles. The molecule has 0 radical (unpaired) electrons. The van der Waals surface area contributed by atoms with Gasteiger partial charge in [-0.2, -0.15) is 0 Å². The Kier molecular flexibility index (Phi) is 7.87. The molecule has 0 unspecified atom stereocenters. The summed E-state index contributed by atoms with van der Waals surface area (Å²) < 4.78 is 40.4. The van der Waals surface area contributed by atoms with Crippen molar-refractivity contribution in [3.05, 3.63) is 77.1 Å². The van der Waals surface area contributed by atoms with Crippen molar-refractivity contribution in [3.8, 4) is 22.6 Å². The van der Waals surface area contributed by atoms with Crippen molar-refractivity contribution < 1.29 is 28.2 Å². The molecule has 34 heavy (non-hydrogen) atoms. The van der Waals surface area contributed by atoms with Crippen LogP contribution in [0, 0.1) is 17.0 Å². The van der Waals surface area contributed by atoms with Crippen LogP contribution in [0.25, 0.3) is 11.1 Å². The normalized spacial score (nSPS) is 11.4. The fourth-order valence-electron chi connectivity index (χ4n) is 3.60. The molecule has 0 saturated carbocycles. The van der Waals surface area contributed by atoms with Gasteiger partial charge in [-0.05, 0) is 54.2 Å². The number of carboxylic acid groups (broad SMARTS) is 1. The minimum atomic E-state index is -0.992. The summed E-state index contributed by atoms with van der Waals surface area (Å²) in [4.78, 5) is 15.5. The first-order chi connectivity index (χ1) is 16.1. The van der Waals surface area contributed by atoms with E-state index in [2.05, 4.69) is 20.8 Å². The highest BCUT2D eigenvalue weighted by atomic mass is 19.1. The van der Waals surface area contributed by atoms with Gasteiger partial charge in [0.05, 0.1) is 12.8 Å². The van der Waals surface area contributed by atoms with Crippen LogP contribution in [0.4, 0.5) is 8.78 Å². The van der Waals surface area contributed by atoms with E-state index in [-0.39, 0.29) is 42.0 Å². The Morgan fingerprint density at radius 2 is 1.82 bits per heavy atom. The summed E-state index contributed by atoms with van der Waals surface area (Å²) in [5.41, 5.74) is 2.51. The Balaban J connectivity index is 1.89. The quantitative estimate of drug-likeness (QED) is 0.403. The largest absolute Gasteiger partial charge is 0.497 e. The third kappa shape index (κ3) is 6.53. The molecule has 1 N–H and O–H groups in total. The number of carboxylic acids is 1. The predicted octanol–water partition coefficient (Wildman–Crippen LogP) is 6.22. The zero-order chi connectivity index (χ0) is 24.9. The standard InChI is InChI=1S/C27H29F2NO4/c1-27(2,3)15-23-20(21-14-19(33-4)10-12-22(21)28)11-9-18(30-23)16-34-24-7-5-6-17(26(24)29)8-13-25(31)32/h5-7,9-12,14H,8,13,15-16H2,1-4H3,(H,31,32). The van der Waals surface area contributed by atoms with Gasteiger partial charge in [0, 0.05) is 23.2 Å². The molecule has 0 fully saturated rings. The van der Waals surface area contributed by atoms with E-state index in [9.17, 15) is 13.6 Å². The smallest absolute Gasteiger partial charge is 0.303 e. The third-order valence-corrected chi connectivity index (χ3v) is 5.22. The summed E-state index contributed by atoms with van der Waals surface area (Å²) in [7, 11) is 1.53. The average molecular weight is 470 g/mol. The lowest BCUT2D eigenvalue weighted by atomic mass is 9.87. The summed E-state index contributed by atoms with van der Waals surface area (Å²) in [6, 6.07) is 12.8. The summed E-state index contributed by atoms with van der Waals surface area (Å²) in [6.07, 6.45) is 0.499. The third-order valence-electron chi connectivity index (χ3n) is 5.22. The van der Waals surface area contributed by atoms with Gasteiger partial charge in [0.15, 0.2) is 11.6 Å². The maximum atomic E-state index is 14.7. The number of nitrogens with zero attached hydrogens (tertiary/aromatic N) is 1. The molecule has 0 bridgehead atoms. The van der Waals surface area contributed by atoms with Gasteiger partial charge in [-0.25, -0.2) is 8.78 Å². The second-order valence-electron chi connectivity index (χ2n) is 9.29. The van der Waals surface area contributed by atoms with E-state index in [0.717, 1.165) is 0 Å². The summed E-state index contributed by atoms with van der Waals surface area (Å²) in [5.74, 6) is -1.36. The van der Waals surface area contributed by atoms with Crippen molar-refractivity contribution >= 4 is 5.97 Å². The van der Waals surface area contributed by atoms with Gasteiger partial charge in [-0.15, -0.1) is 0 Å². The van der Waals surface area contributed by atoms with E-state index in [1.807, 2.05) is 0 Å². The molecule has 1 aromatic heterocycles. The molecule has 3 aromatic rings. The van der Waals surface area contributed by atoms with Crippen molar-refractivity contribution in [2.75, 3.05) is 7.11 Å². The monoisotopic (exact) mass is 469 g/mol. The maximum absolute atomic E-state index is 14.7. The van der Waals surface area contributed by atoms with E-state index in [0.29, 0.717) is 34.7 Å². The van der Waals surface area contributed by atoms with Crippen LogP contribution in [0.1, 0.15) is 44.1 Å². The number of benzene rings is 2. The zero-order valence-corrected chi connectivity index (χ0v) is 19.8. The molecule has 0 spiro atoms. The van der Waals surface area contributed by atoms with Crippen LogP contribution in [0.15, 0.2) is 48.5 Å². The van der Waals surface area contributed by atoms with Gasteiger partial charge in [0.25, 0.3) is 0 Å². The molecule has 5 nitrogen and oxygen atoms in total. The van der Waals surface area contributed by atoms with Crippen LogP contribution in [-0.2, 0) is 24.2 Å². The number of aromatic nitrogens is 1. The number of hydrogen-bond acceptors (Lipinski definition) is 4. The first-order valence-electron chi connectivity index (χ1n) is 11.0. The van der Waals surface area contributed by atoms with Crippen LogP contribution in [0.2, 0.25) is 0 Å². The van der Waals surface area contributed by atoms with Crippen LogP contribution < -0.4 is 9.47 Å². The molecule has 0 saturated heterocycles. The van der Waals surface area contributed by atoms with E-state index >= 15 is 0 Å². The molecule has 0 aliphatic heterocycles. The van der Waals surface area contributed by atoms with Crippen molar-refractivity contribution in [3.63, 3.8) is 0 Å². The maximum Gasteiger partial charge on any atom is 0.303 e. The lowest BCUT2D eigenvalue weighted by molar-refractivity contribution is -0.136. The van der Waals surface area contributed by atoms with Gasteiger partial charge in [-0.1, -0.05) is 39.0 Å². The molecule has 2 aromatic carbocycles. The van der Waals surface area contributed by atoms with E-state index in [4.69, 9.17) is 19.6 Å². The summed E-state index contributed by atoms with van der Waals surface area (Å²) in [6.45, 7) is 6.22. The molecule has 0 aliphatic rings.